The molecule has 0 aliphatic heterocycles. The van der Waals surface area contributed by atoms with Crippen molar-refractivity contribution in [1.82, 2.24) is 10.2 Å². The molecule has 224 valence electrons. The third-order valence-corrected chi connectivity index (χ3v) is 9.02. The number of anilines is 1. The van der Waals surface area contributed by atoms with Crippen molar-refractivity contribution in [2.24, 2.45) is 0 Å². The van der Waals surface area contributed by atoms with Crippen molar-refractivity contribution in [2.45, 2.75) is 57.6 Å². The molecule has 4 aromatic rings. The van der Waals surface area contributed by atoms with Gasteiger partial charge in [0.2, 0.25) is 11.8 Å². The van der Waals surface area contributed by atoms with E-state index in [1.54, 1.807) is 30.3 Å². The molecule has 7 nitrogen and oxygen atoms in total. The largest absolute Gasteiger partial charge is 0.352 e. The minimum absolute atomic E-state index is 0.0761. The van der Waals surface area contributed by atoms with Crippen LogP contribution < -0.4 is 9.62 Å². The molecule has 2 amide bonds. The third kappa shape index (κ3) is 8.11. The van der Waals surface area contributed by atoms with E-state index < -0.39 is 28.5 Å². The highest BCUT2D eigenvalue weighted by molar-refractivity contribution is 7.92. The second kappa shape index (κ2) is 14.2. The maximum Gasteiger partial charge on any atom is 0.264 e. The Hall–Kier alpha value is -4.43. The Morgan fingerprint density at radius 1 is 0.767 bits per heavy atom. The van der Waals surface area contributed by atoms with Gasteiger partial charge >= 0.3 is 0 Å². The van der Waals surface area contributed by atoms with Crippen LogP contribution in [0.4, 0.5) is 5.69 Å². The van der Waals surface area contributed by atoms with E-state index >= 15 is 0 Å². The topological polar surface area (TPSA) is 86.8 Å². The lowest BCUT2D eigenvalue weighted by Gasteiger charge is -2.34. The van der Waals surface area contributed by atoms with Crippen LogP contribution in [-0.2, 0) is 32.6 Å². The Morgan fingerprint density at radius 3 is 1.95 bits per heavy atom. The average molecular weight is 598 g/mol. The first-order chi connectivity index (χ1) is 20.6. The molecule has 0 aromatic heterocycles. The van der Waals surface area contributed by atoms with Crippen LogP contribution in [0.15, 0.2) is 114 Å². The molecular formula is C35H39N3O4S. The first kappa shape index (κ1) is 31.5. The van der Waals surface area contributed by atoms with Crippen molar-refractivity contribution in [1.29, 1.82) is 0 Å². The number of hydrogen-bond acceptors (Lipinski definition) is 4. The summed E-state index contributed by atoms with van der Waals surface area (Å²) in [6.07, 6.45) is 0.271. The first-order valence-corrected chi connectivity index (χ1v) is 15.8. The Balaban J connectivity index is 1.80. The van der Waals surface area contributed by atoms with Gasteiger partial charge in [-0.1, -0.05) is 90.5 Å². The molecule has 0 spiro atoms. The number of benzene rings is 4. The maximum absolute atomic E-state index is 14.4. The lowest BCUT2D eigenvalue weighted by atomic mass is 10.0. The van der Waals surface area contributed by atoms with Crippen LogP contribution >= 0.6 is 0 Å². The van der Waals surface area contributed by atoms with Crippen LogP contribution in [0.25, 0.3) is 0 Å². The molecular weight excluding hydrogens is 558 g/mol. The van der Waals surface area contributed by atoms with E-state index in [2.05, 4.69) is 5.32 Å². The van der Waals surface area contributed by atoms with Gasteiger partial charge in [0.15, 0.2) is 0 Å². The van der Waals surface area contributed by atoms with Crippen LogP contribution in [0.1, 0.15) is 36.1 Å². The predicted molar refractivity (Wildman–Crippen MR) is 171 cm³/mol. The average Bonchev–Trinajstić information content (AvgIpc) is 2.99. The van der Waals surface area contributed by atoms with Gasteiger partial charge in [-0.3, -0.25) is 13.9 Å². The Morgan fingerprint density at radius 2 is 1.35 bits per heavy atom. The van der Waals surface area contributed by atoms with Crippen LogP contribution in [-0.4, -0.2) is 43.8 Å². The summed E-state index contributed by atoms with van der Waals surface area (Å²) in [6.45, 7) is 7.27. The number of amides is 2. The van der Waals surface area contributed by atoms with Crippen molar-refractivity contribution >= 4 is 27.5 Å². The van der Waals surface area contributed by atoms with Crippen LogP contribution in [0, 0.1) is 13.8 Å². The molecule has 0 unspecified atom stereocenters. The number of sulfonamides is 1. The number of hydrogen-bond donors (Lipinski definition) is 1. The van der Waals surface area contributed by atoms with Crippen molar-refractivity contribution in [3.8, 4) is 0 Å². The molecule has 0 radical (unpaired) electrons. The van der Waals surface area contributed by atoms with Crippen molar-refractivity contribution in [3.05, 3.63) is 131 Å². The van der Waals surface area contributed by atoms with Crippen LogP contribution in [0.3, 0.4) is 0 Å². The lowest BCUT2D eigenvalue weighted by molar-refractivity contribution is -0.140. The smallest absolute Gasteiger partial charge is 0.264 e. The minimum atomic E-state index is -4.12. The second-order valence-corrected chi connectivity index (χ2v) is 12.8. The van der Waals surface area contributed by atoms with Gasteiger partial charge in [-0.2, -0.15) is 0 Å². The van der Waals surface area contributed by atoms with Crippen molar-refractivity contribution in [3.63, 3.8) is 0 Å². The molecule has 0 fully saturated rings. The molecule has 0 saturated heterocycles. The first-order valence-electron chi connectivity index (χ1n) is 14.4. The van der Waals surface area contributed by atoms with Gasteiger partial charge in [0, 0.05) is 19.0 Å². The summed E-state index contributed by atoms with van der Waals surface area (Å²) in [4.78, 5) is 29.8. The molecule has 1 N–H and O–H groups in total. The number of rotatable bonds is 12. The summed E-state index contributed by atoms with van der Waals surface area (Å²) in [5, 5.41) is 2.98. The van der Waals surface area contributed by atoms with Crippen LogP contribution in [0.2, 0.25) is 0 Å². The molecule has 1 atom stereocenters. The molecule has 0 aliphatic rings. The third-order valence-electron chi connectivity index (χ3n) is 7.24. The van der Waals surface area contributed by atoms with Gasteiger partial charge in [-0.25, -0.2) is 8.42 Å². The number of nitrogens with one attached hydrogen (secondary N) is 1. The number of nitrogens with zero attached hydrogens (tertiary/aromatic N) is 2. The summed E-state index contributed by atoms with van der Waals surface area (Å²) in [7, 11) is -4.12. The molecule has 0 saturated carbocycles. The van der Waals surface area contributed by atoms with Gasteiger partial charge in [0.05, 0.1) is 10.6 Å². The zero-order valence-corrected chi connectivity index (χ0v) is 25.9. The zero-order chi connectivity index (χ0) is 31.0. The van der Waals surface area contributed by atoms with E-state index in [1.165, 1.54) is 17.0 Å². The lowest BCUT2D eigenvalue weighted by Crippen LogP contribution is -2.54. The molecule has 8 heteroatoms. The fourth-order valence-corrected chi connectivity index (χ4v) is 6.30. The van der Waals surface area contributed by atoms with E-state index in [-0.39, 0.29) is 29.8 Å². The fraction of sp³-hybridized carbons (Fsp3) is 0.257. The Labute approximate surface area is 255 Å². The predicted octanol–water partition coefficient (Wildman–Crippen LogP) is 5.66. The monoisotopic (exact) mass is 597 g/mol. The summed E-state index contributed by atoms with van der Waals surface area (Å²) in [5.74, 6) is -0.781. The summed E-state index contributed by atoms with van der Waals surface area (Å²) >= 11 is 0. The maximum atomic E-state index is 14.4. The zero-order valence-electron chi connectivity index (χ0n) is 25.1. The van der Waals surface area contributed by atoms with E-state index in [9.17, 15) is 18.0 Å². The van der Waals surface area contributed by atoms with Crippen molar-refractivity contribution in [2.75, 3.05) is 10.8 Å². The van der Waals surface area contributed by atoms with E-state index in [0.29, 0.717) is 5.69 Å². The number of aryl methyl sites for hydroxylation is 2. The quantitative estimate of drug-likeness (QED) is 0.228. The van der Waals surface area contributed by atoms with Gasteiger partial charge in [-0.05, 0) is 68.7 Å². The second-order valence-electron chi connectivity index (χ2n) is 11.0. The molecule has 0 bridgehead atoms. The SMILES string of the molecule is Cc1ccc(N(CC(=O)N(Cc2ccccc2C)[C@H](Cc2ccccc2)C(=O)NC(C)C)S(=O)(=O)c2ccccc2)cc1. The Bertz CT molecular complexity index is 1620. The highest BCUT2D eigenvalue weighted by Gasteiger charge is 2.35. The molecule has 0 aliphatic carbocycles. The summed E-state index contributed by atoms with van der Waals surface area (Å²) in [6, 6.07) is 31.3. The van der Waals surface area contributed by atoms with Gasteiger partial charge in [0.1, 0.15) is 12.6 Å². The molecule has 4 aromatic carbocycles. The van der Waals surface area contributed by atoms with Gasteiger partial charge in [0.25, 0.3) is 10.0 Å². The van der Waals surface area contributed by atoms with E-state index in [0.717, 1.165) is 26.6 Å². The van der Waals surface area contributed by atoms with Gasteiger partial charge in [-0.15, -0.1) is 0 Å². The molecule has 43 heavy (non-hydrogen) atoms. The van der Waals surface area contributed by atoms with Gasteiger partial charge < -0.3 is 10.2 Å². The number of carbonyl (C=O) groups excluding carboxylic acids is 2. The summed E-state index contributed by atoms with van der Waals surface area (Å²) in [5.41, 5.74) is 4.06. The van der Waals surface area contributed by atoms with Crippen LogP contribution in [0.5, 0.6) is 0 Å². The van der Waals surface area contributed by atoms with Crippen molar-refractivity contribution < 1.29 is 18.0 Å². The fourth-order valence-electron chi connectivity index (χ4n) is 4.87. The highest BCUT2D eigenvalue weighted by Crippen LogP contribution is 2.25. The summed E-state index contributed by atoms with van der Waals surface area (Å²) < 4.78 is 29.1. The number of carbonyl (C=O) groups is 2. The molecule has 0 heterocycles. The normalized spacial score (nSPS) is 12.0. The standard InChI is InChI=1S/C35H39N3O4S/c1-26(2)36-35(40)33(23-29-14-7-5-8-15-29)37(24-30-16-12-11-13-28(30)4)34(39)25-38(31-21-19-27(3)20-22-31)43(41,42)32-17-9-6-10-18-32/h5-22,26,33H,23-25H2,1-4H3,(H,36,40)/t33-/m1/s1. The Kier molecular flexibility index (Phi) is 10.4. The molecule has 4 rings (SSSR count). The highest BCUT2D eigenvalue weighted by atomic mass is 32.2. The van der Waals surface area contributed by atoms with E-state index in [4.69, 9.17) is 0 Å². The minimum Gasteiger partial charge on any atom is -0.352 e. The van der Waals surface area contributed by atoms with E-state index in [1.807, 2.05) is 94.4 Å².